The van der Waals surface area contributed by atoms with Gasteiger partial charge < -0.3 is 5.11 Å². The predicted molar refractivity (Wildman–Crippen MR) is 70.9 cm³/mol. The summed E-state index contributed by atoms with van der Waals surface area (Å²) in [4.78, 5) is 11.5. The van der Waals surface area contributed by atoms with Crippen LogP contribution in [0.4, 0.5) is 0 Å². The van der Waals surface area contributed by atoms with Crippen molar-refractivity contribution in [2.75, 3.05) is 0 Å². The standard InChI is InChI=1S/C15H26O2/c1-4-5-6-9-15(14(16)17)10-7-13(8-11-15)12(2)3/h4,12-13H,1,5-11H2,2-3H3,(H,16,17). The first-order valence-electron chi connectivity index (χ1n) is 6.86. The minimum atomic E-state index is -0.580. The van der Waals surface area contributed by atoms with Gasteiger partial charge in [0.25, 0.3) is 0 Å². The van der Waals surface area contributed by atoms with E-state index in [1.54, 1.807) is 0 Å². The SMILES string of the molecule is C=CCCCC1(C(=O)O)CCC(C(C)C)CC1. The lowest BCUT2D eigenvalue weighted by atomic mass is 9.66. The van der Waals surface area contributed by atoms with Crippen molar-refractivity contribution < 1.29 is 9.90 Å². The summed E-state index contributed by atoms with van der Waals surface area (Å²) in [5, 5.41) is 9.49. The molecule has 1 fully saturated rings. The molecule has 0 bridgehead atoms. The van der Waals surface area contributed by atoms with Crippen molar-refractivity contribution in [2.45, 2.75) is 58.8 Å². The van der Waals surface area contributed by atoms with Crippen LogP contribution in [0.1, 0.15) is 58.8 Å². The van der Waals surface area contributed by atoms with Gasteiger partial charge in [-0.05, 0) is 56.8 Å². The lowest BCUT2D eigenvalue weighted by Gasteiger charge is -2.38. The first kappa shape index (κ1) is 14.3. The molecule has 0 spiro atoms. The third-order valence-electron chi connectivity index (χ3n) is 4.45. The first-order chi connectivity index (χ1) is 8.02. The Kier molecular flexibility index (Phi) is 5.23. The Hall–Kier alpha value is -0.790. The van der Waals surface area contributed by atoms with Crippen LogP contribution < -0.4 is 0 Å². The third-order valence-corrected chi connectivity index (χ3v) is 4.45. The van der Waals surface area contributed by atoms with Crippen molar-refractivity contribution in [3.8, 4) is 0 Å². The lowest BCUT2D eigenvalue weighted by molar-refractivity contribution is -0.152. The number of carbonyl (C=O) groups is 1. The van der Waals surface area contributed by atoms with Crippen LogP contribution in [0.3, 0.4) is 0 Å². The molecule has 1 N–H and O–H groups in total. The number of hydrogen-bond acceptors (Lipinski definition) is 1. The van der Waals surface area contributed by atoms with Crippen molar-refractivity contribution in [3.05, 3.63) is 12.7 Å². The van der Waals surface area contributed by atoms with Crippen molar-refractivity contribution in [2.24, 2.45) is 17.3 Å². The molecule has 0 aromatic heterocycles. The molecule has 0 amide bonds. The van der Waals surface area contributed by atoms with Crippen molar-refractivity contribution >= 4 is 5.97 Å². The maximum Gasteiger partial charge on any atom is 0.309 e. The van der Waals surface area contributed by atoms with E-state index < -0.39 is 11.4 Å². The van der Waals surface area contributed by atoms with Crippen LogP contribution in [0.25, 0.3) is 0 Å². The molecule has 2 nitrogen and oxygen atoms in total. The van der Waals surface area contributed by atoms with Crippen molar-refractivity contribution in [3.63, 3.8) is 0 Å². The zero-order chi connectivity index (χ0) is 12.9. The van der Waals surface area contributed by atoms with E-state index in [9.17, 15) is 9.90 Å². The Morgan fingerprint density at radius 2 is 2.06 bits per heavy atom. The summed E-state index contributed by atoms with van der Waals surface area (Å²) in [6.45, 7) is 8.19. The van der Waals surface area contributed by atoms with Gasteiger partial charge in [0.2, 0.25) is 0 Å². The van der Waals surface area contributed by atoms with E-state index in [4.69, 9.17) is 0 Å². The molecule has 0 unspecified atom stereocenters. The molecule has 0 aromatic rings. The van der Waals surface area contributed by atoms with Gasteiger partial charge in [0.1, 0.15) is 0 Å². The monoisotopic (exact) mass is 238 g/mol. The average Bonchev–Trinajstić information content (AvgIpc) is 2.29. The molecule has 2 heteroatoms. The fraction of sp³-hybridized carbons (Fsp3) is 0.800. The van der Waals surface area contributed by atoms with Crippen LogP contribution in [-0.4, -0.2) is 11.1 Å². The lowest BCUT2D eigenvalue weighted by Crippen LogP contribution is -2.36. The third kappa shape index (κ3) is 3.58. The molecule has 0 atom stereocenters. The molecule has 0 aliphatic heterocycles. The quantitative estimate of drug-likeness (QED) is 0.554. The van der Waals surface area contributed by atoms with Crippen LogP contribution in [0.15, 0.2) is 12.7 Å². The van der Waals surface area contributed by atoms with E-state index in [1.165, 1.54) is 0 Å². The Morgan fingerprint density at radius 3 is 2.47 bits per heavy atom. The molecule has 1 aliphatic carbocycles. The number of carboxylic acids is 1. The van der Waals surface area contributed by atoms with E-state index in [1.807, 2.05) is 6.08 Å². The van der Waals surface area contributed by atoms with Gasteiger partial charge in [-0.3, -0.25) is 4.79 Å². The molecule has 0 aromatic carbocycles. The van der Waals surface area contributed by atoms with Gasteiger partial charge in [-0.2, -0.15) is 0 Å². The Morgan fingerprint density at radius 1 is 1.47 bits per heavy atom. The molecule has 1 saturated carbocycles. The van der Waals surface area contributed by atoms with Crippen LogP contribution in [0, 0.1) is 17.3 Å². The van der Waals surface area contributed by atoms with E-state index in [2.05, 4.69) is 20.4 Å². The van der Waals surface area contributed by atoms with E-state index in [0.29, 0.717) is 5.92 Å². The largest absolute Gasteiger partial charge is 0.481 e. The second kappa shape index (κ2) is 6.23. The summed E-state index contributed by atoms with van der Waals surface area (Å²) in [7, 11) is 0. The highest BCUT2D eigenvalue weighted by Gasteiger charge is 2.41. The molecule has 1 rings (SSSR count). The predicted octanol–water partition coefficient (Wildman–Crippen LogP) is 4.26. The minimum absolute atomic E-state index is 0.436. The molecule has 0 heterocycles. The summed E-state index contributed by atoms with van der Waals surface area (Å²) >= 11 is 0. The fourth-order valence-electron chi connectivity index (χ4n) is 3.01. The van der Waals surface area contributed by atoms with Gasteiger partial charge in [-0.15, -0.1) is 6.58 Å². The van der Waals surface area contributed by atoms with Gasteiger partial charge in [-0.1, -0.05) is 19.9 Å². The van der Waals surface area contributed by atoms with Crippen LogP contribution in [-0.2, 0) is 4.79 Å². The average molecular weight is 238 g/mol. The van der Waals surface area contributed by atoms with Crippen molar-refractivity contribution in [1.82, 2.24) is 0 Å². The summed E-state index contributed by atoms with van der Waals surface area (Å²) < 4.78 is 0. The first-order valence-corrected chi connectivity index (χ1v) is 6.86. The number of rotatable bonds is 6. The van der Waals surface area contributed by atoms with E-state index >= 15 is 0 Å². The molecular formula is C15H26O2. The Balaban J connectivity index is 2.57. The number of unbranched alkanes of at least 4 members (excludes halogenated alkanes) is 1. The van der Waals surface area contributed by atoms with Crippen LogP contribution in [0.5, 0.6) is 0 Å². The number of carboxylic acid groups (broad SMARTS) is 1. The number of hydrogen-bond donors (Lipinski definition) is 1. The Labute approximate surface area is 105 Å². The number of allylic oxidation sites excluding steroid dienone is 1. The van der Waals surface area contributed by atoms with E-state index in [0.717, 1.165) is 50.9 Å². The highest BCUT2D eigenvalue weighted by atomic mass is 16.4. The maximum atomic E-state index is 11.5. The molecule has 1 aliphatic rings. The molecule has 0 radical (unpaired) electrons. The highest BCUT2D eigenvalue weighted by molar-refractivity contribution is 5.74. The second-order valence-electron chi connectivity index (χ2n) is 5.85. The number of aliphatic carboxylic acids is 1. The maximum absolute atomic E-state index is 11.5. The molecule has 98 valence electrons. The zero-order valence-corrected chi connectivity index (χ0v) is 11.2. The van der Waals surface area contributed by atoms with Gasteiger partial charge in [0.05, 0.1) is 5.41 Å². The van der Waals surface area contributed by atoms with Gasteiger partial charge in [-0.25, -0.2) is 0 Å². The van der Waals surface area contributed by atoms with E-state index in [-0.39, 0.29) is 0 Å². The summed E-state index contributed by atoms with van der Waals surface area (Å²) in [5.74, 6) is 0.834. The van der Waals surface area contributed by atoms with Crippen LogP contribution in [0.2, 0.25) is 0 Å². The topological polar surface area (TPSA) is 37.3 Å². The zero-order valence-electron chi connectivity index (χ0n) is 11.2. The minimum Gasteiger partial charge on any atom is -0.481 e. The second-order valence-corrected chi connectivity index (χ2v) is 5.85. The molecule has 0 saturated heterocycles. The summed E-state index contributed by atoms with van der Waals surface area (Å²) in [6.07, 6.45) is 8.49. The van der Waals surface area contributed by atoms with Crippen LogP contribution >= 0.6 is 0 Å². The fourth-order valence-corrected chi connectivity index (χ4v) is 3.01. The summed E-state index contributed by atoms with van der Waals surface area (Å²) in [5.41, 5.74) is -0.436. The van der Waals surface area contributed by atoms with Crippen molar-refractivity contribution in [1.29, 1.82) is 0 Å². The van der Waals surface area contributed by atoms with Gasteiger partial charge in [0.15, 0.2) is 0 Å². The smallest absolute Gasteiger partial charge is 0.309 e. The molecular weight excluding hydrogens is 212 g/mol. The normalized spacial score (nSPS) is 29.2. The van der Waals surface area contributed by atoms with Gasteiger partial charge in [0, 0.05) is 0 Å². The molecule has 17 heavy (non-hydrogen) atoms. The highest BCUT2D eigenvalue weighted by Crippen LogP contribution is 2.44. The summed E-state index contributed by atoms with van der Waals surface area (Å²) in [6, 6.07) is 0. The Bertz CT molecular complexity index is 260. The van der Waals surface area contributed by atoms with Gasteiger partial charge >= 0.3 is 5.97 Å².